The van der Waals surface area contributed by atoms with Gasteiger partial charge in [0.15, 0.2) is 0 Å². The Morgan fingerprint density at radius 2 is 1.12 bits per heavy atom. The number of anilines is 1. The van der Waals surface area contributed by atoms with Crippen LogP contribution >= 0.6 is 22.1 Å². The number of ether oxygens (including phenoxy) is 1. The molecule has 58 heavy (non-hydrogen) atoms. The summed E-state index contributed by atoms with van der Waals surface area (Å²) in [5.74, 6) is 7.24. The molecule has 14 nitrogen and oxygen atoms in total. The molecule has 3 atom stereocenters. The van der Waals surface area contributed by atoms with Crippen LogP contribution < -0.4 is 25.9 Å². The van der Waals surface area contributed by atoms with Crippen molar-refractivity contribution in [3.63, 3.8) is 0 Å². The van der Waals surface area contributed by atoms with Gasteiger partial charge in [-0.15, -0.1) is 0 Å². The molecule has 0 spiro atoms. The largest absolute Gasteiger partial charge is 0.495 e. The zero-order valence-electron chi connectivity index (χ0n) is 34.5. The molecule has 3 aromatic heterocycles. The van der Waals surface area contributed by atoms with E-state index in [4.69, 9.17) is 14.2 Å². The second-order valence-corrected chi connectivity index (χ2v) is 21.6. The lowest BCUT2D eigenvalue weighted by Crippen LogP contribution is -2.36. The molecule has 2 N–H and O–H groups in total. The van der Waals surface area contributed by atoms with Gasteiger partial charge in [-0.1, -0.05) is 24.0 Å². The summed E-state index contributed by atoms with van der Waals surface area (Å²) in [6.07, 6.45) is 0. The van der Waals surface area contributed by atoms with Gasteiger partial charge in [-0.3, -0.25) is 28.4 Å². The average Bonchev–Trinajstić information content (AvgIpc) is 3.28. The third-order valence-corrected chi connectivity index (χ3v) is 14.0. The molecule has 0 saturated carbocycles. The number of benzene rings is 1. The quantitative estimate of drug-likeness (QED) is 0.137. The third-order valence-electron chi connectivity index (χ3n) is 10.1. The summed E-state index contributed by atoms with van der Waals surface area (Å²) in [5, 5.41) is 0. The molecule has 0 bridgehead atoms. The Morgan fingerprint density at radius 3 is 1.62 bits per heavy atom. The fraction of sp³-hybridized carbons (Fsp3) is 0.439. The Bertz CT molecular complexity index is 2250. The predicted molar refractivity (Wildman–Crippen MR) is 232 cm³/mol. The molecular weight excluding hydrogens is 795 g/mol. The SMILES string of the molecule is CCN(CC)c1cc(C#Cc2cc(CN3CCN(Cc4cccc(P(C)(=O)O)n4)CCN(Cc4cccc(P(C)(=O)OC)n4)CC3)nc(P(C)(=O)O)c2)ccc1OC. The highest BCUT2D eigenvalue weighted by Gasteiger charge is 2.24. The van der Waals surface area contributed by atoms with Gasteiger partial charge in [-0.25, -0.2) is 15.0 Å². The molecule has 1 fully saturated rings. The highest BCUT2D eigenvalue weighted by molar-refractivity contribution is 7.66. The maximum absolute atomic E-state index is 13.0. The fourth-order valence-corrected chi connectivity index (χ4v) is 8.89. The topological polar surface area (TPSA) is 162 Å². The van der Waals surface area contributed by atoms with Gasteiger partial charge in [-0.05, 0) is 68.4 Å². The first-order valence-electron chi connectivity index (χ1n) is 19.3. The summed E-state index contributed by atoms with van der Waals surface area (Å²) < 4.78 is 49.4. The minimum atomic E-state index is -3.73. The normalized spacial score (nSPS) is 17.7. The lowest BCUT2D eigenvalue weighted by Gasteiger charge is -2.26. The van der Waals surface area contributed by atoms with Gasteiger partial charge in [0.2, 0.25) is 22.1 Å². The van der Waals surface area contributed by atoms with Crippen molar-refractivity contribution in [1.29, 1.82) is 0 Å². The summed E-state index contributed by atoms with van der Waals surface area (Å²) in [4.78, 5) is 43.8. The van der Waals surface area contributed by atoms with Gasteiger partial charge in [0.05, 0.1) is 29.9 Å². The van der Waals surface area contributed by atoms with Crippen molar-refractivity contribution < 1.29 is 32.7 Å². The van der Waals surface area contributed by atoms with Crippen LogP contribution in [0.5, 0.6) is 5.75 Å². The molecule has 1 aliphatic heterocycles. The van der Waals surface area contributed by atoms with Crippen LogP contribution in [0.3, 0.4) is 0 Å². The first-order valence-corrected chi connectivity index (χ1v) is 25.6. The van der Waals surface area contributed by atoms with Crippen LogP contribution in [0.25, 0.3) is 0 Å². The zero-order chi connectivity index (χ0) is 42.1. The van der Waals surface area contributed by atoms with Gasteiger partial charge >= 0.3 is 0 Å². The monoisotopic (exact) mass is 851 g/mol. The molecule has 4 heterocycles. The van der Waals surface area contributed by atoms with Crippen LogP contribution in [0.2, 0.25) is 0 Å². The molecule has 0 amide bonds. The zero-order valence-corrected chi connectivity index (χ0v) is 37.2. The molecule has 3 unspecified atom stereocenters. The number of rotatable bonds is 14. The van der Waals surface area contributed by atoms with Crippen LogP contribution in [0.4, 0.5) is 5.69 Å². The van der Waals surface area contributed by atoms with E-state index in [2.05, 4.69) is 55.3 Å². The predicted octanol–water partition coefficient (Wildman–Crippen LogP) is 4.18. The second kappa shape index (κ2) is 20.0. The Labute approximate surface area is 343 Å². The minimum absolute atomic E-state index is 0.0960. The Morgan fingerprint density at radius 1 is 0.638 bits per heavy atom. The van der Waals surface area contributed by atoms with Crippen molar-refractivity contribution in [2.24, 2.45) is 0 Å². The molecule has 0 radical (unpaired) electrons. The van der Waals surface area contributed by atoms with Gasteiger partial charge in [0, 0.05) is 110 Å². The van der Waals surface area contributed by atoms with E-state index in [1.807, 2.05) is 42.5 Å². The molecule has 17 heteroatoms. The van der Waals surface area contributed by atoms with E-state index in [9.17, 15) is 23.5 Å². The van der Waals surface area contributed by atoms with Gasteiger partial charge < -0.3 is 23.9 Å². The van der Waals surface area contributed by atoms with E-state index in [0.717, 1.165) is 35.8 Å². The molecule has 0 aliphatic carbocycles. The van der Waals surface area contributed by atoms with E-state index in [1.54, 1.807) is 38.0 Å². The summed E-state index contributed by atoms with van der Waals surface area (Å²) in [6, 6.07) is 20.0. The fourth-order valence-electron chi connectivity index (χ4n) is 6.67. The van der Waals surface area contributed by atoms with Crippen molar-refractivity contribution in [2.45, 2.75) is 33.5 Å². The number of nitrogens with zero attached hydrogens (tertiary/aromatic N) is 7. The number of pyridine rings is 3. The molecular formula is C41H56N7O7P3. The third kappa shape index (κ3) is 12.6. The van der Waals surface area contributed by atoms with E-state index in [-0.39, 0.29) is 10.9 Å². The molecule has 312 valence electrons. The van der Waals surface area contributed by atoms with Crippen molar-refractivity contribution in [1.82, 2.24) is 29.7 Å². The number of hydrogen-bond acceptors (Lipinski definition) is 12. The lowest BCUT2D eigenvalue weighted by atomic mass is 10.1. The second-order valence-electron chi connectivity index (χ2n) is 14.6. The highest BCUT2D eigenvalue weighted by atomic mass is 31.2. The first kappa shape index (κ1) is 45.4. The number of hydrogen-bond donors (Lipinski definition) is 2. The summed E-state index contributed by atoms with van der Waals surface area (Å²) >= 11 is 0. The maximum Gasteiger partial charge on any atom is 0.246 e. The van der Waals surface area contributed by atoms with E-state index in [1.165, 1.54) is 20.4 Å². The van der Waals surface area contributed by atoms with Gasteiger partial charge in [-0.2, -0.15) is 0 Å². The summed E-state index contributed by atoms with van der Waals surface area (Å²) in [6.45, 7) is 15.3. The van der Waals surface area contributed by atoms with Crippen LogP contribution in [-0.4, -0.2) is 126 Å². The van der Waals surface area contributed by atoms with Crippen molar-refractivity contribution in [2.75, 3.05) is 91.5 Å². The van der Waals surface area contributed by atoms with Crippen LogP contribution in [0.15, 0.2) is 66.7 Å². The van der Waals surface area contributed by atoms with Gasteiger partial charge in [0.25, 0.3) is 0 Å². The Balaban J connectivity index is 1.44. The number of methoxy groups -OCH3 is 1. The van der Waals surface area contributed by atoms with Crippen LogP contribution in [-0.2, 0) is 37.9 Å². The molecule has 1 saturated heterocycles. The van der Waals surface area contributed by atoms with Crippen LogP contribution in [0, 0.1) is 11.8 Å². The molecule has 5 rings (SSSR count). The minimum Gasteiger partial charge on any atom is -0.495 e. The average molecular weight is 852 g/mol. The lowest BCUT2D eigenvalue weighted by molar-refractivity contribution is 0.207. The standard InChI is InChI=1S/C41H56N7O7P3/c1-8-48(9-2)37-27-32(18-19-38(37)54-3)16-17-33-26-36(44-41(28-33)57(6,51)52)31-47-24-22-45(29-34-12-10-14-39(42-34)56(5,49)50)20-21-46(23-25-47)30-35-13-11-15-40(43-35)58(7,53)55-4/h10-15,18-19,26-28H,8-9,20-25,29-31H2,1-7H3,(H,49,50)(H,51,52). The first-order chi connectivity index (χ1) is 27.5. The highest BCUT2D eigenvalue weighted by Crippen LogP contribution is 2.39. The Hall–Kier alpha value is -3.72. The molecule has 1 aliphatic rings. The van der Waals surface area contributed by atoms with E-state index in [0.29, 0.717) is 81.3 Å². The van der Waals surface area contributed by atoms with Gasteiger partial charge in [0.1, 0.15) is 22.1 Å². The van der Waals surface area contributed by atoms with Crippen molar-refractivity contribution in [3.05, 3.63) is 94.9 Å². The smallest absolute Gasteiger partial charge is 0.246 e. The maximum atomic E-state index is 13.0. The van der Waals surface area contributed by atoms with E-state index < -0.39 is 22.1 Å². The Kier molecular flexibility index (Phi) is 15.7. The van der Waals surface area contributed by atoms with Crippen LogP contribution in [0.1, 0.15) is 42.1 Å². The molecule has 1 aromatic carbocycles. The summed E-state index contributed by atoms with van der Waals surface area (Å²) in [5.41, 5.74) is 5.09. The summed E-state index contributed by atoms with van der Waals surface area (Å²) in [7, 11) is -7.24. The van der Waals surface area contributed by atoms with Crippen molar-refractivity contribution in [3.8, 4) is 17.6 Å². The van der Waals surface area contributed by atoms with E-state index >= 15 is 0 Å². The molecule has 4 aromatic rings. The number of aromatic nitrogens is 3. The van der Waals surface area contributed by atoms with Crippen molar-refractivity contribution >= 4 is 44.1 Å².